The minimum absolute atomic E-state index is 0. The zero-order valence-corrected chi connectivity index (χ0v) is 17.6. The van der Waals surface area contributed by atoms with Crippen LogP contribution < -0.4 is 10.6 Å². The van der Waals surface area contributed by atoms with Gasteiger partial charge >= 0.3 is 0 Å². The average Bonchev–Trinajstić information content (AvgIpc) is 2.94. The average molecular weight is 451 g/mol. The van der Waals surface area contributed by atoms with Crippen molar-refractivity contribution in [1.82, 2.24) is 20.5 Å². The van der Waals surface area contributed by atoms with E-state index in [1.165, 1.54) is 44.6 Å². The van der Waals surface area contributed by atoms with Crippen molar-refractivity contribution in [2.75, 3.05) is 33.2 Å². The van der Waals surface area contributed by atoms with Crippen molar-refractivity contribution in [3.8, 4) is 0 Å². The standard InChI is InChI=1S/C16H29N5S.HI/c1-4-9-21-10-6-14(7-11-21)20-16(17-3)18-8-5-15-12-22-13(2)19-15;/h12,14H,4-11H2,1-3H3,(H2,17,18,20);1H. The third kappa shape index (κ3) is 7.34. The number of rotatable bonds is 6. The second-order valence-electron chi connectivity index (χ2n) is 5.87. The Kier molecular flexibility index (Phi) is 10.0. The third-order valence-electron chi connectivity index (χ3n) is 4.03. The van der Waals surface area contributed by atoms with E-state index < -0.39 is 0 Å². The number of guanidine groups is 1. The largest absolute Gasteiger partial charge is 0.356 e. The van der Waals surface area contributed by atoms with Gasteiger partial charge in [-0.15, -0.1) is 35.3 Å². The molecule has 0 saturated carbocycles. The SMILES string of the molecule is CCCN1CCC(NC(=NC)NCCc2csc(C)n2)CC1.I. The van der Waals surface area contributed by atoms with Gasteiger partial charge in [0.15, 0.2) is 5.96 Å². The Morgan fingerprint density at radius 2 is 2.17 bits per heavy atom. The van der Waals surface area contributed by atoms with E-state index in [4.69, 9.17) is 0 Å². The van der Waals surface area contributed by atoms with Crippen LogP contribution in [0, 0.1) is 6.92 Å². The van der Waals surface area contributed by atoms with Crippen LogP contribution in [-0.2, 0) is 6.42 Å². The van der Waals surface area contributed by atoms with Crippen LogP contribution in [-0.4, -0.2) is 55.1 Å². The maximum absolute atomic E-state index is 4.49. The van der Waals surface area contributed by atoms with Crippen LogP contribution in [0.5, 0.6) is 0 Å². The second-order valence-corrected chi connectivity index (χ2v) is 6.93. The van der Waals surface area contributed by atoms with Crippen LogP contribution in [0.3, 0.4) is 0 Å². The molecule has 2 rings (SSSR count). The minimum Gasteiger partial charge on any atom is -0.356 e. The summed E-state index contributed by atoms with van der Waals surface area (Å²) in [5, 5.41) is 10.2. The van der Waals surface area contributed by atoms with Crippen molar-refractivity contribution in [3.63, 3.8) is 0 Å². The number of likely N-dealkylation sites (tertiary alicyclic amines) is 1. The Morgan fingerprint density at radius 1 is 1.43 bits per heavy atom. The van der Waals surface area contributed by atoms with Crippen LogP contribution in [0.2, 0.25) is 0 Å². The summed E-state index contributed by atoms with van der Waals surface area (Å²) >= 11 is 1.71. The van der Waals surface area contributed by atoms with Crippen molar-refractivity contribution in [3.05, 3.63) is 16.1 Å². The second kappa shape index (κ2) is 11.2. The lowest BCUT2D eigenvalue weighted by molar-refractivity contribution is 0.206. The van der Waals surface area contributed by atoms with Gasteiger partial charge in [0.2, 0.25) is 0 Å². The van der Waals surface area contributed by atoms with Gasteiger partial charge in [0.05, 0.1) is 10.7 Å². The number of hydrogen-bond acceptors (Lipinski definition) is 4. The molecule has 0 bridgehead atoms. The number of nitrogens with one attached hydrogen (secondary N) is 2. The quantitative estimate of drug-likeness (QED) is 0.397. The molecule has 0 aromatic carbocycles. The van der Waals surface area contributed by atoms with Crippen LogP contribution >= 0.6 is 35.3 Å². The lowest BCUT2D eigenvalue weighted by Gasteiger charge is -2.32. The highest BCUT2D eigenvalue weighted by Gasteiger charge is 2.19. The first-order chi connectivity index (χ1) is 10.7. The molecule has 1 fully saturated rings. The van der Waals surface area contributed by atoms with Crippen molar-refractivity contribution in [2.45, 2.75) is 45.6 Å². The lowest BCUT2D eigenvalue weighted by atomic mass is 10.1. The molecule has 2 heterocycles. The first-order valence-electron chi connectivity index (χ1n) is 8.31. The molecule has 2 N–H and O–H groups in total. The predicted octanol–water partition coefficient (Wildman–Crippen LogP) is 2.65. The van der Waals surface area contributed by atoms with Crippen molar-refractivity contribution < 1.29 is 0 Å². The first-order valence-corrected chi connectivity index (χ1v) is 9.19. The molecule has 1 aliphatic rings. The van der Waals surface area contributed by atoms with Crippen LogP contribution in [0.4, 0.5) is 0 Å². The fraction of sp³-hybridized carbons (Fsp3) is 0.750. The van der Waals surface area contributed by atoms with Gasteiger partial charge in [0.25, 0.3) is 0 Å². The van der Waals surface area contributed by atoms with Gasteiger partial charge in [-0.3, -0.25) is 4.99 Å². The summed E-state index contributed by atoms with van der Waals surface area (Å²) in [6, 6.07) is 0.542. The van der Waals surface area contributed by atoms with Crippen molar-refractivity contribution in [1.29, 1.82) is 0 Å². The molecule has 132 valence electrons. The summed E-state index contributed by atoms with van der Waals surface area (Å²) in [6.45, 7) is 8.79. The van der Waals surface area contributed by atoms with E-state index in [2.05, 4.69) is 37.8 Å². The van der Waals surface area contributed by atoms with Gasteiger partial charge in [-0.1, -0.05) is 6.92 Å². The first kappa shape index (κ1) is 20.6. The molecule has 7 heteroatoms. The molecule has 1 aromatic rings. The number of aryl methyl sites for hydroxylation is 1. The molecule has 23 heavy (non-hydrogen) atoms. The maximum atomic E-state index is 4.49. The monoisotopic (exact) mass is 451 g/mol. The highest BCUT2D eigenvalue weighted by Crippen LogP contribution is 2.10. The number of halogens is 1. The van der Waals surface area contributed by atoms with Gasteiger partial charge in [-0.05, 0) is 32.7 Å². The van der Waals surface area contributed by atoms with Crippen molar-refractivity contribution in [2.24, 2.45) is 4.99 Å². The molecule has 0 aliphatic carbocycles. The zero-order valence-electron chi connectivity index (χ0n) is 14.5. The van der Waals surface area contributed by atoms with Crippen LogP contribution in [0.15, 0.2) is 10.4 Å². The molecular weight excluding hydrogens is 421 g/mol. The number of aliphatic imine (C=N–C) groups is 1. The van der Waals surface area contributed by atoms with Gasteiger partial charge < -0.3 is 15.5 Å². The number of piperidine rings is 1. The van der Waals surface area contributed by atoms with Gasteiger partial charge in [0.1, 0.15) is 0 Å². The Hall–Kier alpha value is -0.410. The van der Waals surface area contributed by atoms with E-state index in [0.29, 0.717) is 6.04 Å². The highest BCUT2D eigenvalue weighted by molar-refractivity contribution is 14.0. The smallest absolute Gasteiger partial charge is 0.191 e. The summed E-state index contributed by atoms with van der Waals surface area (Å²) in [7, 11) is 1.84. The highest BCUT2D eigenvalue weighted by atomic mass is 127. The summed E-state index contributed by atoms with van der Waals surface area (Å²) in [6.07, 6.45) is 4.59. The molecule has 1 aliphatic heterocycles. The molecular formula is C16H30IN5S. The normalized spacial score (nSPS) is 16.9. The lowest BCUT2D eigenvalue weighted by Crippen LogP contribution is -2.49. The topological polar surface area (TPSA) is 52.5 Å². The molecule has 1 aromatic heterocycles. The summed E-state index contributed by atoms with van der Waals surface area (Å²) < 4.78 is 0. The van der Waals surface area contributed by atoms with Crippen molar-refractivity contribution >= 4 is 41.3 Å². The van der Waals surface area contributed by atoms with Crippen LogP contribution in [0.1, 0.15) is 36.9 Å². The van der Waals surface area contributed by atoms with Gasteiger partial charge in [-0.25, -0.2) is 4.98 Å². The van der Waals surface area contributed by atoms with E-state index in [1.54, 1.807) is 11.3 Å². The summed E-state index contributed by atoms with van der Waals surface area (Å²) in [5.74, 6) is 0.917. The Morgan fingerprint density at radius 3 is 2.74 bits per heavy atom. The van der Waals surface area contributed by atoms with E-state index in [0.717, 1.165) is 23.9 Å². The minimum atomic E-state index is 0. The zero-order chi connectivity index (χ0) is 15.8. The molecule has 1 saturated heterocycles. The van der Waals surface area contributed by atoms with E-state index in [9.17, 15) is 0 Å². The maximum Gasteiger partial charge on any atom is 0.191 e. The molecule has 0 spiro atoms. The van der Waals surface area contributed by atoms with E-state index >= 15 is 0 Å². The number of nitrogens with zero attached hydrogens (tertiary/aromatic N) is 3. The Bertz CT molecular complexity index is 469. The fourth-order valence-electron chi connectivity index (χ4n) is 2.84. The van der Waals surface area contributed by atoms with E-state index in [-0.39, 0.29) is 24.0 Å². The molecule has 0 unspecified atom stereocenters. The fourth-order valence-corrected chi connectivity index (χ4v) is 3.48. The van der Waals surface area contributed by atoms with Gasteiger partial charge in [-0.2, -0.15) is 0 Å². The summed E-state index contributed by atoms with van der Waals surface area (Å²) in [4.78, 5) is 11.4. The number of thiazole rings is 1. The Labute approximate surface area is 161 Å². The molecule has 0 radical (unpaired) electrons. The number of aromatic nitrogens is 1. The van der Waals surface area contributed by atoms with E-state index in [1.807, 2.05) is 14.0 Å². The number of hydrogen-bond donors (Lipinski definition) is 2. The van der Waals surface area contributed by atoms with Gasteiger partial charge in [0, 0.05) is 44.5 Å². The molecule has 0 atom stereocenters. The predicted molar refractivity (Wildman–Crippen MR) is 110 cm³/mol. The third-order valence-corrected chi connectivity index (χ3v) is 4.85. The molecule has 0 amide bonds. The van der Waals surface area contributed by atoms with Crippen LogP contribution in [0.25, 0.3) is 0 Å². The summed E-state index contributed by atoms with van der Waals surface area (Å²) in [5.41, 5.74) is 1.17. The molecule has 5 nitrogen and oxygen atoms in total. The Balaban J connectivity index is 0.00000264.